The van der Waals surface area contributed by atoms with Crippen molar-refractivity contribution in [3.05, 3.63) is 58.4 Å². The van der Waals surface area contributed by atoms with Gasteiger partial charge in [-0.1, -0.05) is 13.0 Å². The number of rotatable bonds is 3. The lowest BCUT2D eigenvalue weighted by atomic mass is 10.0. The van der Waals surface area contributed by atoms with Crippen LogP contribution in [0.3, 0.4) is 0 Å². The fourth-order valence-corrected chi connectivity index (χ4v) is 2.96. The van der Waals surface area contributed by atoms with Gasteiger partial charge >= 0.3 is 0 Å². The van der Waals surface area contributed by atoms with E-state index in [1.54, 1.807) is 17.3 Å². The van der Waals surface area contributed by atoms with E-state index >= 15 is 0 Å². The molecule has 1 aliphatic rings. The highest BCUT2D eigenvalue weighted by atomic mass is 16.5. The van der Waals surface area contributed by atoms with Crippen molar-refractivity contribution in [2.45, 2.75) is 19.4 Å². The molecule has 2 atom stereocenters. The molecule has 0 N–H and O–H groups in total. The number of aromatic nitrogens is 1. The molecule has 0 spiro atoms. The molecule has 0 aliphatic carbocycles. The molecule has 1 aliphatic heterocycles. The van der Waals surface area contributed by atoms with Gasteiger partial charge in [-0.2, -0.15) is 0 Å². The summed E-state index contributed by atoms with van der Waals surface area (Å²) in [6.45, 7) is 2.72. The number of likely N-dealkylation sites (tertiary alicyclic amines) is 1. The average Bonchev–Trinajstić information content (AvgIpc) is 2.96. The van der Waals surface area contributed by atoms with E-state index in [0.29, 0.717) is 12.5 Å². The fraction of sp³-hybridized carbons (Fsp3) is 0.353. The van der Waals surface area contributed by atoms with Crippen molar-refractivity contribution in [2.75, 3.05) is 13.7 Å². The van der Waals surface area contributed by atoms with E-state index in [1.807, 2.05) is 12.1 Å². The Balaban J connectivity index is 1.91. The number of hydrogen-bond acceptors (Lipinski definition) is 5. The summed E-state index contributed by atoms with van der Waals surface area (Å²) in [5.74, 6) is 0.191. The lowest BCUT2D eigenvalue weighted by Gasteiger charge is -2.24. The van der Waals surface area contributed by atoms with Crippen LogP contribution in [0.15, 0.2) is 46.1 Å². The Morgan fingerprint density at radius 3 is 2.96 bits per heavy atom. The standard InChI is InChI=1S/C17H18N2O4/c1-11-6-13(12-4-3-5-18-8-12)19(9-11)17(21)15-7-14(20)16(22-2)10-23-15/h3-5,7-8,10-11,13H,6,9H2,1-2H3/t11-,13+/m1/s1. The van der Waals surface area contributed by atoms with Crippen molar-refractivity contribution in [3.63, 3.8) is 0 Å². The van der Waals surface area contributed by atoms with Gasteiger partial charge in [0.05, 0.1) is 13.2 Å². The van der Waals surface area contributed by atoms with Crippen LogP contribution in [0.25, 0.3) is 0 Å². The smallest absolute Gasteiger partial charge is 0.290 e. The van der Waals surface area contributed by atoms with Crippen LogP contribution >= 0.6 is 0 Å². The number of carbonyl (C=O) groups is 1. The van der Waals surface area contributed by atoms with E-state index in [0.717, 1.165) is 12.0 Å². The molecule has 0 bridgehead atoms. The molecular weight excluding hydrogens is 296 g/mol. The zero-order valence-corrected chi connectivity index (χ0v) is 13.1. The highest BCUT2D eigenvalue weighted by Crippen LogP contribution is 2.35. The van der Waals surface area contributed by atoms with Gasteiger partial charge in [0.15, 0.2) is 5.76 Å². The Kier molecular flexibility index (Phi) is 4.14. The maximum atomic E-state index is 12.8. The number of nitrogens with zero attached hydrogens (tertiary/aromatic N) is 2. The first kappa shape index (κ1) is 15.3. The van der Waals surface area contributed by atoms with Crippen LogP contribution < -0.4 is 10.2 Å². The van der Waals surface area contributed by atoms with E-state index in [9.17, 15) is 9.59 Å². The van der Waals surface area contributed by atoms with Crippen molar-refractivity contribution < 1.29 is 13.9 Å². The first-order chi connectivity index (χ1) is 11.1. The minimum atomic E-state index is -0.368. The zero-order valence-electron chi connectivity index (χ0n) is 13.1. The zero-order chi connectivity index (χ0) is 16.4. The SMILES string of the molecule is COc1coc(C(=O)N2C[C@H](C)C[C@H]2c2cccnc2)cc1=O. The normalized spacial score (nSPS) is 20.5. The quantitative estimate of drug-likeness (QED) is 0.869. The molecular formula is C17H18N2O4. The maximum absolute atomic E-state index is 12.8. The van der Waals surface area contributed by atoms with Crippen LogP contribution in [-0.2, 0) is 0 Å². The Hall–Kier alpha value is -2.63. The Morgan fingerprint density at radius 2 is 2.30 bits per heavy atom. The molecule has 120 valence electrons. The van der Waals surface area contributed by atoms with Crippen LogP contribution in [0.5, 0.6) is 5.75 Å². The van der Waals surface area contributed by atoms with Gasteiger partial charge in [-0.25, -0.2) is 0 Å². The third-order valence-corrected chi connectivity index (χ3v) is 4.07. The minimum Gasteiger partial charge on any atom is -0.490 e. The van der Waals surface area contributed by atoms with Gasteiger partial charge in [0.25, 0.3) is 5.91 Å². The van der Waals surface area contributed by atoms with Crippen molar-refractivity contribution in [1.29, 1.82) is 0 Å². The lowest BCUT2D eigenvalue weighted by Crippen LogP contribution is -2.31. The van der Waals surface area contributed by atoms with Gasteiger partial charge in [-0.3, -0.25) is 14.6 Å². The molecule has 6 heteroatoms. The first-order valence-electron chi connectivity index (χ1n) is 7.48. The van der Waals surface area contributed by atoms with E-state index < -0.39 is 0 Å². The van der Waals surface area contributed by atoms with Gasteiger partial charge < -0.3 is 14.1 Å². The van der Waals surface area contributed by atoms with Crippen LogP contribution in [0.2, 0.25) is 0 Å². The third-order valence-electron chi connectivity index (χ3n) is 4.07. The summed E-state index contributed by atoms with van der Waals surface area (Å²) in [7, 11) is 1.38. The molecule has 0 aromatic carbocycles. The molecule has 1 saturated heterocycles. The molecule has 1 amide bonds. The van der Waals surface area contributed by atoms with Crippen molar-refractivity contribution in [2.24, 2.45) is 5.92 Å². The average molecular weight is 314 g/mol. The molecule has 0 unspecified atom stereocenters. The summed E-state index contributed by atoms with van der Waals surface area (Å²) in [6, 6.07) is 4.94. The molecule has 2 aromatic rings. The van der Waals surface area contributed by atoms with Crippen molar-refractivity contribution in [1.82, 2.24) is 9.88 Å². The van der Waals surface area contributed by atoms with Crippen LogP contribution in [-0.4, -0.2) is 29.4 Å². The van der Waals surface area contributed by atoms with Gasteiger partial charge in [0.1, 0.15) is 6.26 Å². The van der Waals surface area contributed by atoms with Crippen LogP contribution in [0, 0.1) is 5.92 Å². The summed E-state index contributed by atoms with van der Waals surface area (Å²) >= 11 is 0. The van der Waals surface area contributed by atoms with E-state index in [4.69, 9.17) is 9.15 Å². The van der Waals surface area contributed by atoms with Crippen molar-refractivity contribution >= 4 is 5.91 Å². The number of hydrogen-bond donors (Lipinski definition) is 0. The molecule has 3 rings (SSSR count). The number of carbonyl (C=O) groups excluding carboxylic acids is 1. The summed E-state index contributed by atoms with van der Waals surface area (Å²) in [5, 5.41) is 0. The summed E-state index contributed by atoms with van der Waals surface area (Å²) in [6.07, 6.45) is 5.51. The molecule has 6 nitrogen and oxygen atoms in total. The lowest BCUT2D eigenvalue weighted by molar-refractivity contribution is 0.0696. The third kappa shape index (κ3) is 2.97. The maximum Gasteiger partial charge on any atom is 0.290 e. The molecule has 2 aromatic heterocycles. The molecule has 23 heavy (non-hydrogen) atoms. The molecule has 0 radical (unpaired) electrons. The van der Waals surface area contributed by atoms with Gasteiger partial charge in [-0.15, -0.1) is 0 Å². The molecule has 1 fully saturated rings. The number of methoxy groups -OCH3 is 1. The molecule has 0 saturated carbocycles. The number of pyridine rings is 1. The Labute approximate surface area is 133 Å². The first-order valence-corrected chi connectivity index (χ1v) is 7.48. The summed E-state index contributed by atoms with van der Waals surface area (Å²) < 4.78 is 10.2. The fourth-order valence-electron chi connectivity index (χ4n) is 2.96. The summed E-state index contributed by atoms with van der Waals surface area (Å²) in [4.78, 5) is 30.5. The van der Waals surface area contributed by atoms with E-state index in [1.165, 1.54) is 19.4 Å². The highest BCUT2D eigenvalue weighted by Gasteiger charge is 2.35. The highest BCUT2D eigenvalue weighted by molar-refractivity contribution is 5.92. The van der Waals surface area contributed by atoms with Crippen molar-refractivity contribution in [3.8, 4) is 5.75 Å². The Morgan fingerprint density at radius 1 is 1.48 bits per heavy atom. The minimum absolute atomic E-state index is 0.0267. The Bertz CT molecular complexity index is 757. The second-order valence-electron chi connectivity index (χ2n) is 5.78. The van der Waals surface area contributed by atoms with Crippen LogP contribution in [0.4, 0.5) is 0 Å². The monoisotopic (exact) mass is 314 g/mol. The predicted molar refractivity (Wildman–Crippen MR) is 83.3 cm³/mol. The number of ether oxygens (including phenoxy) is 1. The topological polar surface area (TPSA) is 72.6 Å². The second kappa shape index (κ2) is 6.24. The van der Waals surface area contributed by atoms with Crippen LogP contribution in [0.1, 0.15) is 35.5 Å². The second-order valence-corrected chi connectivity index (χ2v) is 5.78. The van der Waals surface area contributed by atoms with E-state index in [2.05, 4.69) is 11.9 Å². The predicted octanol–water partition coefficient (Wildman–Crippen LogP) is 2.27. The van der Waals surface area contributed by atoms with Gasteiger partial charge in [0.2, 0.25) is 11.2 Å². The van der Waals surface area contributed by atoms with Gasteiger partial charge in [-0.05, 0) is 24.0 Å². The van der Waals surface area contributed by atoms with E-state index in [-0.39, 0.29) is 28.9 Å². The van der Waals surface area contributed by atoms with Gasteiger partial charge in [0, 0.05) is 25.0 Å². The molecule has 3 heterocycles. The largest absolute Gasteiger partial charge is 0.490 e. The number of amides is 1. The summed E-state index contributed by atoms with van der Waals surface area (Å²) in [5.41, 5.74) is 0.619.